The molecule has 3 rings (SSSR count). The Balaban J connectivity index is 1.57. The van der Waals surface area contributed by atoms with Crippen molar-refractivity contribution < 1.29 is 19.5 Å². The van der Waals surface area contributed by atoms with Crippen LogP contribution in [-0.2, 0) is 16.0 Å². The van der Waals surface area contributed by atoms with Gasteiger partial charge in [-0.15, -0.1) is 0 Å². The second-order valence-corrected chi connectivity index (χ2v) is 9.10. The summed E-state index contributed by atoms with van der Waals surface area (Å²) in [7, 11) is 0. The summed E-state index contributed by atoms with van der Waals surface area (Å²) < 4.78 is 1.96. The third-order valence-corrected chi connectivity index (χ3v) is 6.23. The van der Waals surface area contributed by atoms with Gasteiger partial charge in [0.2, 0.25) is 5.91 Å². The molecule has 7 heteroatoms. The summed E-state index contributed by atoms with van der Waals surface area (Å²) in [5, 5.41) is 15.2. The van der Waals surface area contributed by atoms with E-state index in [1.165, 1.54) is 19.3 Å². The van der Waals surface area contributed by atoms with Crippen LogP contribution in [-0.4, -0.2) is 40.3 Å². The van der Waals surface area contributed by atoms with E-state index in [1.54, 1.807) is 6.07 Å². The molecule has 2 heterocycles. The second kappa shape index (κ2) is 14.1. The van der Waals surface area contributed by atoms with E-state index >= 15 is 0 Å². The zero-order valence-corrected chi connectivity index (χ0v) is 21.1. The molecule has 1 aromatic carbocycles. The first-order valence-electron chi connectivity index (χ1n) is 13.0. The van der Waals surface area contributed by atoms with Gasteiger partial charge in [0.25, 0.3) is 0 Å². The minimum Gasteiger partial charge on any atom is -0.481 e. The number of carbonyl (C=O) groups excluding carboxylic acids is 2. The first-order chi connectivity index (χ1) is 17.5. The topological polar surface area (TPSA) is 99.9 Å². The van der Waals surface area contributed by atoms with Crippen molar-refractivity contribution in [3.63, 3.8) is 0 Å². The lowest BCUT2D eigenvalue weighted by Crippen LogP contribution is -2.26. The number of amides is 1. The summed E-state index contributed by atoms with van der Waals surface area (Å²) in [6.45, 7) is 3.39. The van der Waals surface area contributed by atoms with Crippen molar-refractivity contribution in [3.05, 3.63) is 71.5 Å². The van der Waals surface area contributed by atoms with Crippen LogP contribution in [0.2, 0.25) is 0 Å². The standard InChI is InChI=1S/C29H37N3O4/c1-2-3-4-5-7-17-31-27(33)16-18-30-23-12-9-11-22(20-23)29(36)25-21-24(13-10-15-28(34)35)32-19-8-6-14-26(25)32/h6,8-9,11-12,14,19-21,30H,2-5,7,10,13,15-18H2,1H3,(H,31,33)(H,34,35). The van der Waals surface area contributed by atoms with Gasteiger partial charge in [-0.3, -0.25) is 14.4 Å². The molecule has 1 amide bonds. The number of benzene rings is 1. The number of aromatic nitrogens is 1. The van der Waals surface area contributed by atoms with Crippen molar-refractivity contribution in [2.24, 2.45) is 0 Å². The van der Waals surface area contributed by atoms with Crippen LogP contribution in [0.4, 0.5) is 5.69 Å². The molecule has 0 saturated carbocycles. The van der Waals surface area contributed by atoms with Crippen molar-refractivity contribution >= 4 is 28.9 Å². The summed E-state index contributed by atoms with van der Waals surface area (Å²) in [5.41, 5.74) is 3.66. The van der Waals surface area contributed by atoms with Gasteiger partial charge in [0.05, 0.1) is 5.52 Å². The number of fused-ring (bicyclic) bond motifs is 1. The molecule has 0 aliphatic heterocycles. The van der Waals surface area contributed by atoms with Gasteiger partial charge in [-0.1, -0.05) is 50.8 Å². The van der Waals surface area contributed by atoms with E-state index in [-0.39, 0.29) is 18.1 Å². The maximum absolute atomic E-state index is 13.4. The molecule has 0 aliphatic carbocycles. The first kappa shape index (κ1) is 27.0. The Kier molecular flexibility index (Phi) is 10.5. The van der Waals surface area contributed by atoms with E-state index in [1.807, 2.05) is 53.1 Å². The van der Waals surface area contributed by atoms with Gasteiger partial charge in [-0.25, -0.2) is 0 Å². The Morgan fingerprint density at radius 2 is 1.72 bits per heavy atom. The number of carboxylic acids is 1. The lowest BCUT2D eigenvalue weighted by atomic mass is 10.0. The molecule has 0 atom stereocenters. The number of nitrogens with zero attached hydrogens (tertiary/aromatic N) is 1. The molecule has 0 bridgehead atoms. The fourth-order valence-electron chi connectivity index (χ4n) is 4.31. The number of nitrogens with one attached hydrogen (secondary N) is 2. The molecule has 0 saturated heterocycles. The molecule has 0 aliphatic rings. The molecule has 36 heavy (non-hydrogen) atoms. The Labute approximate surface area is 212 Å². The Bertz CT molecular complexity index is 1170. The van der Waals surface area contributed by atoms with Crippen LogP contribution < -0.4 is 10.6 Å². The van der Waals surface area contributed by atoms with Crippen molar-refractivity contribution in [2.45, 2.75) is 64.7 Å². The van der Waals surface area contributed by atoms with E-state index < -0.39 is 5.97 Å². The third kappa shape index (κ3) is 7.97. The second-order valence-electron chi connectivity index (χ2n) is 9.10. The van der Waals surface area contributed by atoms with Crippen LogP contribution in [0.3, 0.4) is 0 Å². The SMILES string of the molecule is CCCCCCCNC(=O)CCNc1cccc(C(=O)c2cc(CCCC(=O)O)n3ccccc23)c1. The summed E-state index contributed by atoms with van der Waals surface area (Å²) in [6.07, 6.45) is 9.28. The van der Waals surface area contributed by atoms with Crippen molar-refractivity contribution in [1.82, 2.24) is 9.72 Å². The smallest absolute Gasteiger partial charge is 0.303 e. The minimum absolute atomic E-state index is 0.0286. The van der Waals surface area contributed by atoms with Crippen LogP contribution in [0.1, 0.15) is 79.9 Å². The number of unbranched alkanes of at least 4 members (excludes halogenated alkanes) is 4. The van der Waals surface area contributed by atoms with Crippen molar-refractivity contribution in [3.8, 4) is 0 Å². The average molecular weight is 492 g/mol. The summed E-state index contributed by atoms with van der Waals surface area (Å²) in [4.78, 5) is 36.4. The average Bonchev–Trinajstić information content (AvgIpc) is 3.24. The fourth-order valence-corrected chi connectivity index (χ4v) is 4.31. The van der Waals surface area contributed by atoms with Crippen LogP contribution in [0.5, 0.6) is 0 Å². The molecule has 0 radical (unpaired) electrons. The molecule has 3 aromatic rings. The van der Waals surface area contributed by atoms with Gasteiger partial charge >= 0.3 is 5.97 Å². The highest BCUT2D eigenvalue weighted by atomic mass is 16.4. The molecule has 0 unspecified atom stereocenters. The van der Waals surface area contributed by atoms with E-state index in [0.29, 0.717) is 36.9 Å². The zero-order chi connectivity index (χ0) is 25.8. The van der Waals surface area contributed by atoms with E-state index in [9.17, 15) is 14.4 Å². The largest absolute Gasteiger partial charge is 0.481 e. The number of aryl methyl sites for hydroxylation is 1. The number of pyridine rings is 1. The Morgan fingerprint density at radius 1 is 0.889 bits per heavy atom. The maximum atomic E-state index is 13.4. The molecule has 0 fully saturated rings. The highest BCUT2D eigenvalue weighted by Gasteiger charge is 2.17. The van der Waals surface area contributed by atoms with Gasteiger partial charge in [-0.05, 0) is 49.6 Å². The first-order valence-corrected chi connectivity index (χ1v) is 13.0. The van der Waals surface area contributed by atoms with Crippen molar-refractivity contribution in [1.29, 1.82) is 0 Å². The molecular weight excluding hydrogens is 454 g/mol. The summed E-state index contributed by atoms with van der Waals surface area (Å²) >= 11 is 0. The van der Waals surface area contributed by atoms with Crippen LogP contribution >= 0.6 is 0 Å². The van der Waals surface area contributed by atoms with Gasteiger partial charge < -0.3 is 20.1 Å². The number of ketones is 1. The van der Waals surface area contributed by atoms with Gasteiger partial charge in [0.15, 0.2) is 5.78 Å². The minimum atomic E-state index is -0.823. The van der Waals surface area contributed by atoms with Crippen LogP contribution in [0.15, 0.2) is 54.7 Å². The predicted molar refractivity (Wildman–Crippen MR) is 143 cm³/mol. The van der Waals surface area contributed by atoms with E-state index in [0.717, 1.165) is 36.3 Å². The summed E-state index contributed by atoms with van der Waals surface area (Å²) in [6, 6.07) is 14.9. The number of carbonyl (C=O) groups is 3. The Hall–Kier alpha value is -3.61. The third-order valence-electron chi connectivity index (χ3n) is 6.23. The number of carboxylic acid groups (broad SMARTS) is 1. The normalized spacial score (nSPS) is 10.9. The Morgan fingerprint density at radius 3 is 2.53 bits per heavy atom. The highest BCUT2D eigenvalue weighted by Crippen LogP contribution is 2.23. The fraction of sp³-hybridized carbons (Fsp3) is 0.414. The van der Waals surface area contributed by atoms with Crippen LogP contribution in [0, 0.1) is 0 Å². The summed E-state index contributed by atoms with van der Waals surface area (Å²) in [5.74, 6) is -0.884. The molecule has 3 N–H and O–H groups in total. The molecular formula is C29H37N3O4. The predicted octanol–water partition coefficient (Wildman–Crippen LogP) is 5.47. The number of anilines is 1. The molecule has 192 valence electrons. The quantitative estimate of drug-likeness (QED) is 0.182. The maximum Gasteiger partial charge on any atom is 0.303 e. The lowest BCUT2D eigenvalue weighted by Gasteiger charge is -2.09. The number of rotatable bonds is 16. The lowest BCUT2D eigenvalue weighted by molar-refractivity contribution is -0.137. The molecule has 7 nitrogen and oxygen atoms in total. The zero-order valence-electron chi connectivity index (χ0n) is 21.1. The van der Waals surface area contributed by atoms with Crippen LogP contribution in [0.25, 0.3) is 5.52 Å². The van der Waals surface area contributed by atoms with Gasteiger partial charge in [-0.2, -0.15) is 0 Å². The number of hydrogen-bond donors (Lipinski definition) is 3. The van der Waals surface area contributed by atoms with Crippen molar-refractivity contribution in [2.75, 3.05) is 18.4 Å². The number of hydrogen-bond acceptors (Lipinski definition) is 4. The van der Waals surface area contributed by atoms with E-state index in [4.69, 9.17) is 5.11 Å². The molecule has 2 aromatic heterocycles. The van der Waals surface area contributed by atoms with Gasteiger partial charge in [0.1, 0.15) is 0 Å². The highest BCUT2D eigenvalue weighted by molar-refractivity contribution is 6.13. The van der Waals surface area contributed by atoms with Gasteiger partial charge in [0, 0.05) is 54.6 Å². The number of aliphatic carboxylic acids is 1. The molecule has 0 spiro atoms. The van der Waals surface area contributed by atoms with E-state index in [2.05, 4.69) is 17.6 Å². The monoisotopic (exact) mass is 491 g/mol.